The van der Waals surface area contributed by atoms with E-state index < -0.39 is 17.2 Å². The molecular weight excluding hydrogens is 411 g/mol. The second-order valence-electron chi connectivity index (χ2n) is 7.15. The molecule has 0 amide bonds. The molecule has 2 heterocycles. The van der Waals surface area contributed by atoms with Gasteiger partial charge in [-0.15, -0.1) is 17.7 Å². The SMILES string of the molecule is CC#CC1(c2cnc(-c3coc4cc(C(F)(F)F)ccc4c3=O)c(SCC)c2)CC1. The third-order valence-electron chi connectivity index (χ3n) is 5.18. The van der Waals surface area contributed by atoms with Crippen molar-refractivity contribution in [3.05, 3.63) is 58.1 Å². The highest BCUT2D eigenvalue weighted by Gasteiger charge is 2.43. The topological polar surface area (TPSA) is 43.1 Å². The number of halogens is 3. The van der Waals surface area contributed by atoms with E-state index in [2.05, 4.69) is 16.8 Å². The lowest BCUT2D eigenvalue weighted by atomic mass is 9.97. The Morgan fingerprint density at radius 1 is 1.27 bits per heavy atom. The lowest BCUT2D eigenvalue weighted by Gasteiger charge is -2.13. The van der Waals surface area contributed by atoms with Crippen LogP contribution < -0.4 is 5.43 Å². The molecule has 0 atom stereocenters. The van der Waals surface area contributed by atoms with Gasteiger partial charge >= 0.3 is 6.18 Å². The van der Waals surface area contributed by atoms with E-state index in [9.17, 15) is 18.0 Å². The van der Waals surface area contributed by atoms with Gasteiger partial charge in [-0.25, -0.2) is 0 Å². The van der Waals surface area contributed by atoms with Crippen molar-refractivity contribution in [3.8, 4) is 23.1 Å². The first-order chi connectivity index (χ1) is 14.3. The quantitative estimate of drug-likeness (QED) is 0.375. The third-order valence-corrected chi connectivity index (χ3v) is 6.09. The highest BCUT2D eigenvalue weighted by Crippen LogP contribution is 2.48. The van der Waals surface area contributed by atoms with E-state index in [1.54, 1.807) is 18.0 Å². The van der Waals surface area contributed by atoms with Crippen LogP contribution >= 0.6 is 11.8 Å². The van der Waals surface area contributed by atoms with Crippen LogP contribution in [0.25, 0.3) is 22.2 Å². The zero-order valence-electron chi connectivity index (χ0n) is 16.4. The number of rotatable bonds is 4. The molecule has 1 aromatic carbocycles. The summed E-state index contributed by atoms with van der Waals surface area (Å²) < 4.78 is 44.3. The van der Waals surface area contributed by atoms with Crippen LogP contribution in [0.3, 0.4) is 0 Å². The maximum Gasteiger partial charge on any atom is 0.416 e. The number of benzene rings is 1. The van der Waals surface area contributed by atoms with E-state index >= 15 is 0 Å². The first-order valence-corrected chi connectivity index (χ1v) is 10.5. The Hall–Kier alpha value is -2.72. The molecule has 0 bridgehead atoms. The number of nitrogens with zero attached hydrogens (tertiary/aromatic N) is 1. The monoisotopic (exact) mass is 429 g/mol. The maximum atomic E-state index is 13.0. The van der Waals surface area contributed by atoms with Gasteiger partial charge in [0.05, 0.1) is 27.6 Å². The fourth-order valence-corrected chi connectivity index (χ4v) is 4.31. The molecule has 4 rings (SSSR count). The molecule has 2 aromatic heterocycles. The average molecular weight is 429 g/mol. The molecule has 30 heavy (non-hydrogen) atoms. The van der Waals surface area contributed by atoms with Crippen molar-refractivity contribution in [2.75, 3.05) is 5.75 Å². The molecule has 0 N–H and O–H groups in total. The fraction of sp³-hybridized carbons (Fsp3) is 0.304. The van der Waals surface area contributed by atoms with E-state index in [-0.39, 0.29) is 21.9 Å². The molecule has 3 nitrogen and oxygen atoms in total. The Morgan fingerprint density at radius 2 is 2.03 bits per heavy atom. The summed E-state index contributed by atoms with van der Waals surface area (Å²) >= 11 is 1.55. The Bertz CT molecular complexity index is 1250. The van der Waals surface area contributed by atoms with Gasteiger partial charge in [-0.05, 0) is 55.3 Å². The summed E-state index contributed by atoms with van der Waals surface area (Å²) in [6.07, 6.45) is 0.386. The Balaban J connectivity index is 1.84. The highest BCUT2D eigenvalue weighted by molar-refractivity contribution is 7.99. The van der Waals surface area contributed by atoms with Crippen LogP contribution in [0.1, 0.15) is 37.8 Å². The van der Waals surface area contributed by atoms with Crippen LogP contribution in [0.4, 0.5) is 13.2 Å². The average Bonchev–Trinajstić information content (AvgIpc) is 3.49. The molecule has 1 aliphatic carbocycles. The number of pyridine rings is 1. The minimum absolute atomic E-state index is 0.0920. The second-order valence-corrected chi connectivity index (χ2v) is 8.45. The van der Waals surface area contributed by atoms with Crippen LogP contribution in [0.2, 0.25) is 0 Å². The third kappa shape index (κ3) is 3.61. The molecule has 0 unspecified atom stereocenters. The smallest absolute Gasteiger partial charge is 0.416 e. The molecule has 0 saturated heterocycles. The molecule has 0 radical (unpaired) electrons. The maximum absolute atomic E-state index is 13.0. The Kier molecular flexibility index (Phi) is 5.15. The van der Waals surface area contributed by atoms with Gasteiger partial charge in [0.2, 0.25) is 5.43 Å². The Morgan fingerprint density at radius 3 is 2.67 bits per heavy atom. The summed E-state index contributed by atoms with van der Waals surface area (Å²) in [4.78, 5) is 18.4. The van der Waals surface area contributed by atoms with Crippen molar-refractivity contribution >= 4 is 22.7 Å². The normalized spacial score (nSPS) is 15.0. The van der Waals surface area contributed by atoms with Gasteiger partial charge < -0.3 is 4.42 Å². The molecule has 1 fully saturated rings. The van der Waals surface area contributed by atoms with Gasteiger partial charge in [0.15, 0.2) is 0 Å². The molecule has 0 spiro atoms. The molecule has 154 valence electrons. The fourth-order valence-electron chi connectivity index (χ4n) is 3.49. The van der Waals surface area contributed by atoms with E-state index in [0.29, 0.717) is 5.69 Å². The molecule has 0 aliphatic heterocycles. The number of alkyl halides is 3. The predicted octanol–water partition coefficient (Wildman–Crippen LogP) is 6.04. The van der Waals surface area contributed by atoms with Gasteiger partial charge in [-0.2, -0.15) is 13.2 Å². The van der Waals surface area contributed by atoms with Gasteiger partial charge in [-0.3, -0.25) is 9.78 Å². The predicted molar refractivity (Wildman–Crippen MR) is 111 cm³/mol. The van der Waals surface area contributed by atoms with E-state index in [1.165, 1.54) is 6.26 Å². The van der Waals surface area contributed by atoms with E-state index in [1.807, 2.05) is 19.9 Å². The van der Waals surface area contributed by atoms with E-state index in [4.69, 9.17) is 4.42 Å². The van der Waals surface area contributed by atoms with Gasteiger partial charge in [0, 0.05) is 11.1 Å². The zero-order valence-corrected chi connectivity index (χ0v) is 17.2. The number of thioether (sulfide) groups is 1. The molecule has 7 heteroatoms. The van der Waals surface area contributed by atoms with Crippen molar-refractivity contribution in [3.63, 3.8) is 0 Å². The largest absolute Gasteiger partial charge is 0.463 e. The van der Waals surface area contributed by atoms with Crippen LogP contribution in [0.5, 0.6) is 0 Å². The molecule has 1 saturated carbocycles. The summed E-state index contributed by atoms with van der Waals surface area (Å²) in [5, 5.41) is 0.0920. The number of aromatic nitrogens is 1. The Labute approximate surface area is 175 Å². The van der Waals surface area contributed by atoms with Gasteiger partial charge in [0.1, 0.15) is 11.8 Å². The van der Waals surface area contributed by atoms with Crippen molar-refractivity contribution in [2.45, 2.75) is 43.2 Å². The number of hydrogen-bond acceptors (Lipinski definition) is 4. The second kappa shape index (κ2) is 7.51. The zero-order chi connectivity index (χ0) is 21.5. The van der Waals surface area contributed by atoms with Gasteiger partial charge in [-0.1, -0.05) is 12.8 Å². The van der Waals surface area contributed by atoms with Crippen LogP contribution in [-0.2, 0) is 11.6 Å². The van der Waals surface area contributed by atoms with Crippen LogP contribution in [-0.4, -0.2) is 10.7 Å². The van der Waals surface area contributed by atoms with E-state index in [0.717, 1.165) is 47.3 Å². The van der Waals surface area contributed by atoms with Gasteiger partial charge in [0.25, 0.3) is 0 Å². The number of fused-ring (bicyclic) bond motifs is 1. The standard InChI is InChI=1S/C23H18F3NO2S/c1-3-7-22(8-9-22)15-11-19(30-4-2)20(27-12-15)17-13-29-18-10-14(23(24,25)26)5-6-16(18)21(17)28/h5-6,10-13H,4,8-9H2,1-2H3. The minimum atomic E-state index is -4.51. The van der Waals surface area contributed by atoms with Crippen LogP contribution in [0, 0.1) is 11.8 Å². The highest BCUT2D eigenvalue weighted by atomic mass is 32.2. The summed E-state index contributed by atoms with van der Waals surface area (Å²) in [6.45, 7) is 3.81. The minimum Gasteiger partial charge on any atom is -0.463 e. The summed E-state index contributed by atoms with van der Waals surface area (Å²) in [5.74, 6) is 7.02. The molecule has 3 aromatic rings. The van der Waals surface area contributed by atoms with Crippen molar-refractivity contribution < 1.29 is 17.6 Å². The lowest BCUT2D eigenvalue weighted by molar-refractivity contribution is -0.137. The van der Waals surface area contributed by atoms with Crippen molar-refractivity contribution in [1.29, 1.82) is 0 Å². The number of hydrogen-bond donors (Lipinski definition) is 0. The lowest BCUT2D eigenvalue weighted by Crippen LogP contribution is -2.10. The van der Waals surface area contributed by atoms with Crippen molar-refractivity contribution in [1.82, 2.24) is 4.98 Å². The molecular formula is C23H18F3NO2S. The first-order valence-electron chi connectivity index (χ1n) is 9.49. The summed E-state index contributed by atoms with van der Waals surface area (Å²) in [7, 11) is 0. The summed E-state index contributed by atoms with van der Waals surface area (Å²) in [6, 6.07) is 4.91. The van der Waals surface area contributed by atoms with Crippen molar-refractivity contribution in [2.24, 2.45) is 0 Å². The summed E-state index contributed by atoms with van der Waals surface area (Å²) in [5.41, 5.74) is 0.204. The van der Waals surface area contributed by atoms with Crippen LogP contribution in [0.15, 0.2) is 50.8 Å². The first kappa shape index (κ1) is 20.5. The molecule has 1 aliphatic rings.